The largest absolute Gasteiger partial charge is 0.269 e. The second-order valence-corrected chi connectivity index (χ2v) is 6.26. The Kier molecular flexibility index (Phi) is 5.82. The lowest BCUT2D eigenvalue weighted by Gasteiger charge is -2.05. The molecule has 0 radical (unpaired) electrons. The number of carbonyl (C=O) groups excluding carboxylic acids is 2. The van der Waals surface area contributed by atoms with Crippen LogP contribution in [0.2, 0.25) is 0 Å². The topological polar surface area (TPSA) is 76.0 Å². The van der Waals surface area contributed by atoms with Gasteiger partial charge in [-0.25, -0.2) is 13.5 Å². The van der Waals surface area contributed by atoms with Crippen LogP contribution < -0.4 is 10.9 Å². The van der Waals surface area contributed by atoms with Crippen LogP contribution in [0.4, 0.5) is 8.78 Å². The molecule has 0 spiro atoms. The van der Waals surface area contributed by atoms with E-state index in [-0.39, 0.29) is 11.4 Å². The van der Waals surface area contributed by atoms with Gasteiger partial charge in [-0.3, -0.25) is 20.4 Å². The number of aryl methyl sites for hydroxylation is 1. The molecule has 2 amide bonds. The van der Waals surface area contributed by atoms with Crippen LogP contribution in [-0.2, 0) is 4.79 Å². The quantitative estimate of drug-likeness (QED) is 0.525. The summed E-state index contributed by atoms with van der Waals surface area (Å²) in [7, 11) is 0. The van der Waals surface area contributed by atoms with Crippen LogP contribution >= 0.6 is 0 Å². The van der Waals surface area contributed by atoms with Crippen molar-refractivity contribution >= 4 is 17.9 Å². The second-order valence-electron chi connectivity index (χ2n) is 6.26. The van der Waals surface area contributed by atoms with Gasteiger partial charge in [0.1, 0.15) is 11.6 Å². The van der Waals surface area contributed by atoms with Gasteiger partial charge in [0.05, 0.1) is 11.4 Å². The SMILES string of the molecule is Cc1nn(-c2ccc(F)cc2)c(C)c1C=CC(=O)NNC(=O)c1ccc(F)cc1. The van der Waals surface area contributed by atoms with Crippen molar-refractivity contribution in [3.63, 3.8) is 0 Å². The van der Waals surface area contributed by atoms with Crippen LogP contribution in [0.1, 0.15) is 27.3 Å². The van der Waals surface area contributed by atoms with E-state index in [9.17, 15) is 18.4 Å². The number of carbonyl (C=O) groups is 2. The van der Waals surface area contributed by atoms with Crippen molar-refractivity contribution < 1.29 is 18.4 Å². The Morgan fingerprint density at radius 3 is 2.14 bits per heavy atom. The van der Waals surface area contributed by atoms with E-state index in [4.69, 9.17) is 0 Å². The molecule has 0 saturated carbocycles. The summed E-state index contributed by atoms with van der Waals surface area (Å²) in [6.45, 7) is 3.62. The Hall–Kier alpha value is -3.81. The average Bonchev–Trinajstić information content (AvgIpc) is 2.99. The Morgan fingerprint density at radius 1 is 0.931 bits per heavy atom. The fourth-order valence-electron chi connectivity index (χ4n) is 2.72. The molecule has 6 nitrogen and oxygen atoms in total. The molecule has 0 aliphatic heterocycles. The van der Waals surface area contributed by atoms with Gasteiger partial charge < -0.3 is 0 Å². The number of amides is 2. The first kappa shape index (κ1) is 19.9. The fourth-order valence-corrected chi connectivity index (χ4v) is 2.72. The minimum atomic E-state index is -0.566. The maximum atomic E-state index is 13.1. The summed E-state index contributed by atoms with van der Waals surface area (Å²) in [6, 6.07) is 10.8. The molecule has 2 N–H and O–H groups in total. The van der Waals surface area contributed by atoms with Crippen molar-refractivity contribution in [1.82, 2.24) is 20.6 Å². The number of benzene rings is 2. The monoisotopic (exact) mass is 396 g/mol. The number of aromatic nitrogens is 2. The van der Waals surface area contributed by atoms with Crippen LogP contribution in [0.15, 0.2) is 54.6 Å². The first-order chi connectivity index (χ1) is 13.8. The lowest BCUT2D eigenvalue weighted by Crippen LogP contribution is -2.40. The predicted octanol–water partition coefficient (Wildman–Crippen LogP) is 3.24. The van der Waals surface area contributed by atoms with Crippen LogP contribution in [0.3, 0.4) is 0 Å². The summed E-state index contributed by atoms with van der Waals surface area (Å²) < 4.78 is 27.7. The highest BCUT2D eigenvalue weighted by Crippen LogP contribution is 2.19. The first-order valence-corrected chi connectivity index (χ1v) is 8.71. The fraction of sp³-hybridized carbons (Fsp3) is 0.0952. The van der Waals surface area contributed by atoms with Crippen LogP contribution in [-0.4, -0.2) is 21.6 Å². The summed E-state index contributed by atoms with van der Waals surface area (Å²) in [6.07, 6.45) is 2.84. The maximum Gasteiger partial charge on any atom is 0.269 e. The number of nitrogens with zero attached hydrogens (tertiary/aromatic N) is 2. The van der Waals surface area contributed by atoms with E-state index in [1.165, 1.54) is 30.3 Å². The van der Waals surface area contributed by atoms with Gasteiger partial charge >= 0.3 is 0 Å². The van der Waals surface area contributed by atoms with Crippen molar-refractivity contribution in [2.75, 3.05) is 0 Å². The number of hydrogen-bond donors (Lipinski definition) is 2. The minimum Gasteiger partial charge on any atom is -0.268 e. The van der Waals surface area contributed by atoms with Gasteiger partial charge in [0, 0.05) is 22.9 Å². The molecule has 0 bridgehead atoms. The van der Waals surface area contributed by atoms with Crippen LogP contribution in [0, 0.1) is 25.5 Å². The summed E-state index contributed by atoms with van der Waals surface area (Å²) >= 11 is 0. The van der Waals surface area contributed by atoms with Crippen molar-refractivity contribution in [3.8, 4) is 5.69 Å². The van der Waals surface area contributed by atoms with E-state index in [0.29, 0.717) is 11.4 Å². The number of halogens is 2. The van der Waals surface area contributed by atoms with Gasteiger partial charge in [0.2, 0.25) is 0 Å². The molecule has 148 valence electrons. The summed E-state index contributed by atoms with van der Waals surface area (Å²) in [4.78, 5) is 23.9. The van der Waals surface area contributed by atoms with Crippen molar-refractivity contribution in [3.05, 3.63) is 88.8 Å². The number of hydrazine groups is 1. The predicted molar refractivity (Wildman–Crippen MR) is 104 cm³/mol. The zero-order valence-electron chi connectivity index (χ0n) is 15.7. The van der Waals surface area contributed by atoms with E-state index >= 15 is 0 Å². The molecule has 0 saturated heterocycles. The minimum absolute atomic E-state index is 0.211. The Labute approximate surface area is 165 Å². The third-order valence-electron chi connectivity index (χ3n) is 4.23. The van der Waals surface area contributed by atoms with Crippen LogP contribution in [0.5, 0.6) is 0 Å². The average molecular weight is 396 g/mol. The Morgan fingerprint density at radius 2 is 1.52 bits per heavy atom. The number of hydrogen-bond acceptors (Lipinski definition) is 3. The van der Waals surface area contributed by atoms with E-state index < -0.39 is 17.6 Å². The molecule has 8 heteroatoms. The highest BCUT2D eigenvalue weighted by atomic mass is 19.1. The third-order valence-corrected chi connectivity index (χ3v) is 4.23. The van der Waals surface area contributed by atoms with Gasteiger partial charge in [0.25, 0.3) is 11.8 Å². The summed E-state index contributed by atoms with van der Waals surface area (Å²) in [5.74, 6) is -1.91. The molecule has 1 aromatic heterocycles. The second kappa shape index (κ2) is 8.47. The highest BCUT2D eigenvalue weighted by Gasteiger charge is 2.11. The van der Waals surface area contributed by atoms with Gasteiger partial charge in [-0.15, -0.1) is 0 Å². The van der Waals surface area contributed by atoms with E-state index in [0.717, 1.165) is 23.4 Å². The molecule has 0 unspecified atom stereocenters. The Bertz CT molecular complexity index is 1070. The number of nitrogens with one attached hydrogen (secondary N) is 2. The molecular weight excluding hydrogens is 378 g/mol. The van der Waals surface area contributed by atoms with E-state index in [1.807, 2.05) is 6.92 Å². The molecule has 1 heterocycles. The molecule has 0 aliphatic rings. The smallest absolute Gasteiger partial charge is 0.268 e. The zero-order chi connectivity index (χ0) is 21.0. The molecule has 3 rings (SSSR count). The van der Waals surface area contributed by atoms with E-state index in [1.54, 1.807) is 29.8 Å². The Balaban J connectivity index is 1.66. The molecule has 0 fully saturated rings. The lowest BCUT2D eigenvalue weighted by atomic mass is 10.2. The van der Waals surface area contributed by atoms with Crippen molar-refractivity contribution in [1.29, 1.82) is 0 Å². The van der Waals surface area contributed by atoms with Gasteiger partial charge in [-0.1, -0.05) is 0 Å². The summed E-state index contributed by atoms with van der Waals surface area (Å²) in [5.41, 5.74) is 7.61. The number of rotatable bonds is 4. The molecule has 2 aromatic carbocycles. The standard InChI is InChI=1S/C21H18F2N4O2/c1-13-19(14(2)27(26-13)18-9-7-17(23)8-10-18)11-12-20(28)24-25-21(29)15-3-5-16(22)6-4-15/h3-12H,1-2H3,(H,24,28)(H,25,29). The van der Waals surface area contributed by atoms with Crippen molar-refractivity contribution in [2.45, 2.75) is 13.8 Å². The zero-order valence-corrected chi connectivity index (χ0v) is 15.7. The lowest BCUT2D eigenvalue weighted by molar-refractivity contribution is -0.117. The molecule has 0 aliphatic carbocycles. The molecular formula is C21H18F2N4O2. The maximum absolute atomic E-state index is 13.1. The molecule has 3 aromatic rings. The first-order valence-electron chi connectivity index (χ1n) is 8.71. The van der Waals surface area contributed by atoms with Gasteiger partial charge in [0.15, 0.2) is 0 Å². The van der Waals surface area contributed by atoms with E-state index in [2.05, 4.69) is 16.0 Å². The molecule has 0 atom stereocenters. The van der Waals surface area contributed by atoms with Gasteiger partial charge in [-0.2, -0.15) is 5.10 Å². The molecule has 29 heavy (non-hydrogen) atoms. The van der Waals surface area contributed by atoms with Crippen molar-refractivity contribution in [2.24, 2.45) is 0 Å². The van der Waals surface area contributed by atoms with Crippen LogP contribution in [0.25, 0.3) is 11.8 Å². The summed E-state index contributed by atoms with van der Waals surface area (Å²) in [5, 5.41) is 4.42. The normalized spacial score (nSPS) is 10.9. The highest BCUT2D eigenvalue weighted by molar-refractivity contribution is 5.98. The van der Waals surface area contributed by atoms with Gasteiger partial charge in [-0.05, 0) is 68.5 Å². The third kappa shape index (κ3) is 4.73.